The van der Waals surface area contributed by atoms with Gasteiger partial charge in [0, 0.05) is 24.1 Å². The van der Waals surface area contributed by atoms with Gasteiger partial charge >= 0.3 is 0 Å². The number of aliphatic hydroxyl groups is 1. The molecular formula is C13H17ClN2O3. The van der Waals surface area contributed by atoms with E-state index in [2.05, 4.69) is 5.32 Å². The Balaban J connectivity index is 2.05. The van der Waals surface area contributed by atoms with E-state index in [1.54, 1.807) is 6.07 Å². The van der Waals surface area contributed by atoms with Crippen LogP contribution in [0.5, 0.6) is 0 Å². The number of anilines is 1. The maximum atomic E-state index is 10.6. The highest BCUT2D eigenvalue weighted by Gasteiger charge is 2.33. The van der Waals surface area contributed by atoms with Crippen molar-refractivity contribution >= 4 is 23.0 Å². The van der Waals surface area contributed by atoms with Crippen LogP contribution < -0.4 is 5.32 Å². The lowest BCUT2D eigenvalue weighted by atomic mass is 9.87. The number of rotatable bonds is 5. The van der Waals surface area contributed by atoms with E-state index in [0.717, 1.165) is 25.7 Å². The number of nitro groups is 1. The number of nitrogens with zero attached hydrogens (tertiary/aromatic N) is 1. The molecule has 0 heterocycles. The zero-order valence-electron chi connectivity index (χ0n) is 10.6. The Morgan fingerprint density at radius 1 is 1.42 bits per heavy atom. The normalized spacial score (nSPS) is 17.4. The molecule has 1 fully saturated rings. The van der Waals surface area contributed by atoms with Crippen LogP contribution in [0.25, 0.3) is 0 Å². The van der Waals surface area contributed by atoms with Crippen molar-refractivity contribution in [1.29, 1.82) is 0 Å². The number of nitrogens with one attached hydrogen (secondary N) is 1. The number of halogens is 1. The molecule has 1 aromatic rings. The predicted molar refractivity (Wildman–Crippen MR) is 74.6 cm³/mol. The zero-order chi connectivity index (χ0) is 13.9. The van der Waals surface area contributed by atoms with E-state index in [-0.39, 0.29) is 17.7 Å². The Morgan fingerprint density at radius 3 is 2.63 bits per heavy atom. The standard InChI is InChI=1S/C13H17ClN2O3/c14-11-7-10(16(18)19)3-4-12(11)15-8-13(9-17)5-1-2-6-13/h3-4,7,15,17H,1-2,5-6,8-9H2. The third kappa shape index (κ3) is 3.16. The molecule has 1 aliphatic rings. The van der Waals surface area contributed by atoms with Gasteiger partial charge in [-0.15, -0.1) is 0 Å². The number of nitro benzene ring substituents is 1. The van der Waals surface area contributed by atoms with Crippen molar-refractivity contribution < 1.29 is 10.0 Å². The summed E-state index contributed by atoms with van der Waals surface area (Å²) in [4.78, 5) is 10.2. The summed E-state index contributed by atoms with van der Waals surface area (Å²) in [6.07, 6.45) is 4.27. The van der Waals surface area contributed by atoms with E-state index in [1.165, 1.54) is 12.1 Å². The molecule has 0 spiro atoms. The summed E-state index contributed by atoms with van der Waals surface area (Å²) in [5.74, 6) is 0. The first-order chi connectivity index (χ1) is 9.06. The number of hydrogen-bond acceptors (Lipinski definition) is 4. The molecule has 0 bridgehead atoms. The van der Waals surface area contributed by atoms with Crippen LogP contribution in [0.4, 0.5) is 11.4 Å². The maximum absolute atomic E-state index is 10.6. The first-order valence-electron chi connectivity index (χ1n) is 6.35. The molecule has 0 aromatic heterocycles. The third-order valence-corrected chi connectivity index (χ3v) is 4.13. The molecule has 1 aliphatic carbocycles. The lowest BCUT2D eigenvalue weighted by Gasteiger charge is -2.27. The molecular weight excluding hydrogens is 268 g/mol. The Labute approximate surface area is 116 Å². The lowest BCUT2D eigenvalue weighted by Crippen LogP contribution is -2.30. The smallest absolute Gasteiger partial charge is 0.271 e. The van der Waals surface area contributed by atoms with Crippen LogP contribution in [0, 0.1) is 15.5 Å². The van der Waals surface area contributed by atoms with Gasteiger partial charge in [-0.05, 0) is 18.9 Å². The highest BCUT2D eigenvalue weighted by molar-refractivity contribution is 6.33. The van der Waals surface area contributed by atoms with Crippen molar-refractivity contribution in [3.8, 4) is 0 Å². The Morgan fingerprint density at radius 2 is 2.11 bits per heavy atom. The van der Waals surface area contributed by atoms with E-state index in [9.17, 15) is 15.2 Å². The van der Waals surface area contributed by atoms with Crippen LogP contribution in [-0.4, -0.2) is 23.2 Å². The molecule has 2 rings (SSSR count). The fraction of sp³-hybridized carbons (Fsp3) is 0.538. The highest BCUT2D eigenvalue weighted by Crippen LogP contribution is 2.38. The van der Waals surface area contributed by atoms with E-state index in [1.807, 2.05) is 0 Å². The molecule has 0 atom stereocenters. The second-order valence-electron chi connectivity index (χ2n) is 5.14. The number of non-ortho nitro benzene ring substituents is 1. The fourth-order valence-corrected chi connectivity index (χ4v) is 2.80. The molecule has 6 heteroatoms. The van der Waals surface area contributed by atoms with Gasteiger partial charge in [0.05, 0.1) is 22.2 Å². The molecule has 5 nitrogen and oxygen atoms in total. The van der Waals surface area contributed by atoms with Crippen LogP contribution >= 0.6 is 11.6 Å². The van der Waals surface area contributed by atoms with Gasteiger partial charge in [0.2, 0.25) is 0 Å². The summed E-state index contributed by atoms with van der Waals surface area (Å²) in [5, 5.41) is 23.7. The van der Waals surface area contributed by atoms with E-state index in [0.29, 0.717) is 17.3 Å². The third-order valence-electron chi connectivity index (χ3n) is 3.82. The zero-order valence-corrected chi connectivity index (χ0v) is 11.3. The largest absolute Gasteiger partial charge is 0.396 e. The maximum Gasteiger partial charge on any atom is 0.271 e. The van der Waals surface area contributed by atoms with E-state index in [4.69, 9.17) is 11.6 Å². The minimum Gasteiger partial charge on any atom is -0.396 e. The molecule has 1 saturated carbocycles. The molecule has 0 radical (unpaired) electrons. The molecule has 0 unspecified atom stereocenters. The first kappa shape index (κ1) is 14.1. The van der Waals surface area contributed by atoms with Crippen molar-refractivity contribution in [2.75, 3.05) is 18.5 Å². The fourth-order valence-electron chi connectivity index (χ4n) is 2.56. The van der Waals surface area contributed by atoms with Gasteiger partial charge in [0.25, 0.3) is 5.69 Å². The Kier molecular flexibility index (Phi) is 4.27. The predicted octanol–water partition coefficient (Wildman–Crippen LogP) is 3.21. The van der Waals surface area contributed by atoms with Crippen molar-refractivity contribution in [2.24, 2.45) is 5.41 Å². The average Bonchev–Trinajstić information content (AvgIpc) is 2.86. The monoisotopic (exact) mass is 284 g/mol. The van der Waals surface area contributed by atoms with Crippen molar-refractivity contribution in [3.63, 3.8) is 0 Å². The van der Waals surface area contributed by atoms with E-state index >= 15 is 0 Å². The lowest BCUT2D eigenvalue weighted by molar-refractivity contribution is -0.384. The van der Waals surface area contributed by atoms with Crippen LogP contribution in [0.2, 0.25) is 5.02 Å². The second kappa shape index (κ2) is 5.75. The Hall–Kier alpha value is -1.33. The first-order valence-corrected chi connectivity index (χ1v) is 6.73. The second-order valence-corrected chi connectivity index (χ2v) is 5.55. The molecule has 0 amide bonds. The SMILES string of the molecule is O=[N+]([O-])c1ccc(NCC2(CO)CCCC2)c(Cl)c1. The van der Waals surface area contributed by atoms with Crippen LogP contribution in [0.15, 0.2) is 18.2 Å². The summed E-state index contributed by atoms with van der Waals surface area (Å²) in [5.41, 5.74) is 0.575. The number of aliphatic hydroxyl groups excluding tert-OH is 1. The number of benzene rings is 1. The summed E-state index contributed by atoms with van der Waals surface area (Å²) in [7, 11) is 0. The molecule has 1 aromatic carbocycles. The van der Waals surface area contributed by atoms with Gasteiger partial charge in [-0.2, -0.15) is 0 Å². The van der Waals surface area contributed by atoms with Gasteiger partial charge in [0.15, 0.2) is 0 Å². The average molecular weight is 285 g/mol. The van der Waals surface area contributed by atoms with Gasteiger partial charge in [-0.3, -0.25) is 10.1 Å². The van der Waals surface area contributed by atoms with E-state index < -0.39 is 4.92 Å². The summed E-state index contributed by atoms with van der Waals surface area (Å²) >= 11 is 6.02. The minimum atomic E-state index is -0.470. The molecule has 0 aliphatic heterocycles. The van der Waals surface area contributed by atoms with Crippen LogP contribution in [0.1, 0.15) is 25.7 Å². The summed E-state index contributed by atoms with van der Waals surface area (Å²) in [6.45, 7) is 0.797. The molecule has 19 heavy (non-hydrogen) atoms. The summed E-state index contributed by atoms with van der Waals surface area (Å²) < 4.78 is 0. The molecule has 104 valence electrons. The van der Waals surface area contributed by atoms with Crippen molar-refractivity contribution in [3.05, 3.63) is 33.3 Å². The minimum absolute atomic E-state index is 0.0201. The van der Waals surface area contributed by atoms with Crippen LogP contribution in [0.3, 0.4) is 0 Å². The molecule has 0 saturated heterocycles. The van der Waals surface area contributed by atoms with Gasteiger partial charge in [-0.1, -0.05) is 24.4 Å². The van der Waals surface area contributed by atoms with Gasteiger partial charge < -0.3 is 10.4 Å². The van der Waals surface area contributed by atoms with Crippen molar-refractivity contribution in [2.45, 2.75) is 25.7 Å². The number of hydrogen-bond donors (Lipinski definition) is 2. The van der Waals surface area contributed by atoms with Crippen LogP contribution in [-0.2, 0) is 0 Å². The van der Waals surface area contributed by atoms with Gasteiger partial charge in [-0.25, -0.2) is 0 Å². The highest BCUT2D eigenvalue weighted by atomic mass is 35.5. The quantitative estimate of drug-likeness (QED) is 0.643. The Bertz CT molecular complexity index is 473. The molecule has 2 N–H and O–H groups in total. The van der Waals surface area contributed by atoms with Gasteiger partial charge in [0.1, 0.15) is 0 Å². The topological polar surface area (TPSA) is 75.4 Å². The van der Waals surface area contributed by atoms with Crippen molar-refractivity contribution in [1.82, 2.24) is 0 Å². The summed E-state index contributed by atoms with van der Waals surface area (Å²) in [6, 6.07) is 4.37.